The molecule has 0 aliphatic heterocycles. The maximum absolute atomic E-state index is 10.8. The number of anilines is 1. The van der Waals surface area contributed by atoms with Crippen molar-refractivity contribution in [3.05, 3.63) is 46.1 Å². The molecule has 7 nitrogen and oxygen atoms in total. The van der Waals surface area contributed by atoms with E-state index in [1.807, 2.05) is 26.0 Å². The molecule has 2 aromatic heterocycles. The first-order chi connectivity index (χ1) is 14.0. The van der Waals surface area contributed by atoms with Crippen LogP contribution in [0.4, 0.5) is 5.82 Å². The van der Waals surface area contributed by atoms with Gasteiger partial charge in [0.15, 0.2) is 12.4 Å². The van der Waals surface area contributed by atoms with Gasteiger partial charge in [-0.15, -0.1) is 11.3 Å². The number of thiophene rings is 1. The summed E-state index contributed by atoms with van der Waals surface area (Å²) in [6.07, 6.45) is 4.65. The summed E-state index contributed by atoms with van der Waals surface area (Å²) < 4.78 is 5.29. The van der Waals surface area contributed by atoms with Gasteiger partial charge in [0.05, 0.1) is 11.1 Å². The van der Waals surface area contributed by atoms with Crippen molar-refractivity contribution in [3.8, 4) is 5.75 Å². The van der Waals surface area contributed by atoms with Gasteiger partial charge in [0.1, 0.15) is 16.4 Å². The number of nitrogens with zero attached hydrogens (tertiary/aromatic N) is 3. The van der Waals surface area contributed by atoms with E-state index in [4.69, 9.17) is 10.5 Å². The number of ether oxygens (including phenoxy) is 1. The zero-order valence-corrected chi connectivity index (χ0v) is 17.3. The molecular weight excluding hydrogens is 386 g/mol. The number of hydrogen-bond acceptors (Lipinski definition) is 7. The second-order valence-electron chi connectivity index (χ2n) is 7.10. The molecule has 0 bridgehead atoms. The van der Waals surface area contributed by atoms with Gasteiger partial charge in [0.2, 0.25) is 0 Å². The highest BCUT2D eigenvalue weighted by Gasteiger charge is 2.20. The number of hydrogen-bond donors (Lipinski definition) is 2. The number of aryl methyl sites for hydroxylation is 3. The first kappa shape index (κ1) is 19.3. The Bertz CT molecular complexity index is 1090. The van der Waals surface area contributed by atoms with Crippen LogP contribution in [0.25, 0.3) is 10.2 Å². The lowest BCUT2D eigenvalue weighted by Gasteiger charge is -2.12. The van der Waals surface area contributed by atoms with E-state index in [9.17, 15) is 4.79 Å². The molecule has 3 aromatic rings. The molecule has 1 aromatic carbocycles. The maximum atomic E-state index is 10.8. The summed E-state index contributed by atoms with van der Waals surface area (Å²) in [5, 5.41) is 5.67. The largest absolute Gasteiger partial charge is 0.484 e. The Morgan fingerprint density at radius 1 is 1.24 bits per heavy atom. The van der Waals surface area contributed by atoms with Crippen LogP contribution in [-0.2, 0) is 17.6 Å². The molecule has 4 rings (SSSR count). The topological polar surface area (TPSA) is 102 Å². The van der Waals surface area contributed by atoms with E-state index in [0.29, 0.717) is 5.75 Å². The van der Waals surface area contributed by atoms with Gasteiger partial charge in [-0.25, -0.2) is 9.97 Å². The average Bonchev–Trinajstić information content (AvgIpc) is 3.08. The summed E-state index contributed by atoms with van der Waals surface area (Å²) in [6.45, 7) is 3.70. The minimum Gasteiger partial charge on any atom is -0.484 e. The number of carbonyl (C=O) groups excluding carboxylic acids is 1. The normalized spacial score (nSPS) is 13.9. The van der Waals surface area contributed by atoms with Gasteiger partial charge in [-0.1, -0.05) is 0 Å². The first-order valence-corrected chi connectivity index (χ1v) is 10.4. The third-order valence-electron chi connectivity index (χ3n) is 4.91. The highest BCUT2D eigenvalue weighted by molar-refractivity contribution is 7.19. The van der Waals surface area contributed by atoms with E-state index in [-0.39, 0.29) is 6.61 Å². The predicted molar refractivity (Wildman–Crippen MR) is 116 cm³/mol. The van der Waals surface area contributed by atoms with Crippen molar-refractivity contribution < 1.29 is 9.53 Å². The Kier molecular flexibility index (Phi) is 5.44. The van der Waals surface area contributed by atoms with Crippen LogP contribution < -0.4 is 15.9 Å². The lowest BCUT2D eigenvalue weighted by atomic mass is 9.97. The highest BCUT2D eigenvalue weighted by atomic mass is 32.1. The van der Waals surface area contributed by atoms with Crippen molar-refractivity contribution >= 4 is 39.0 Å². The van der Waals surface area contributed by atoms with Gasteiger partial charge in [-0.3, -0.25) is 10.2 Å². The number of rotatable bonds is 6. The number of carbonyl (C=O) groups is 1. The fourth-order valence-corrected chi connectivity index (χ4v) is 4.80. The quantitative estimate of drug-likeness (QED) is 0.478. The summed E-state index contributed by atoms with van der Waals surface area (Å²) in [5.74, 6) is 1.60. The molecule has 1 amide bonds. The highest BCUT2D eigenvalue weighted by Crippen LogP contribution is 2.38. The van der Waals surface area contributed by atoms with Crippen molar-refractivity contribution in [3.63, 3.8) is 0 Å². The van der Waals surface area contributed by atoms with Gasteiger partial charge in [-0.2, -0.15) is 5.10 Å². The smallest absolute Gasteiger partial charge is 0.255 e. The lowest BCUT2D eigenvalue weighted by molar-refractivity contribution is -0.119. The van der Waals surface area contributed by atoms with E-state index in [2.05, 4.69) is 20.5 Å². The molecule has 29 heavy (non-hydrogen) atoms. The maximum Gasteiger partial charge on any atom is 0.255 e. The molecule has 0 saturated carbocycles. The van der Waals surface area contributed by atoms with Crippen molar-refractivity contribution in [1.82, 2.24) is 9.97 Å². The van der Waals surface area contributed by atoms with Crippen molar-refractivity contribution in [2.75, 3.05) is 12.0 Å². The Morgan fingerprint density at radius 3 is 2.76 bits per heavy atom. The van der Waals surface area contributed by atoms with Gasteiger partial charge >= 0.3 is 0 Å². The standard InChI is InChI=1S/C21H23N5O2S/c1-12(14-7-9-15(10-8-14)28-11-18(22)27)25-26-20-19-16-5-3-4-6-17(16)29-21(19)24-13(2)23-20/h7-10H,3-6,11H2,1-2H3,(H2,22,27)(H,23,24,26). The molecular formula is C21H23N5O2S. The van der Waals surface area contributed by atoms with Crippen molar-refractivity contribution in [2.24, 2.45) is 10.8 Å². The van der Waals surface area contributed by atoms with Crippen molar-refractivity contribution in [2.45, 2.75) is 39.5 Å². The molecule has 0 fully saturated rings. The van der Waals surface area contributed by atoms with Gasteiger partial charge in [0.25, 0.3) is 5.91 Å². The SMILES string of the molecule is CC(=NNc1nc(C)nc2sc3c(c12)CCCC3)c1ccc(OCC(N)=O)cc1. The van der Waals surface area contributed by atoms with Crippen LogP contribution in [0.1, 0.15) is 41.6 Å². The molecule has 0 unspecified atom stereocenters. The Morgan fingerprint density at radius 2 is 2.00 bits per heavy atom. The Hall–Kier alpha value is -3.00. The molecule has 0 spiro atoms. The number of hydrazone groups is 1. The fraction of sp³-hybridized carbons (Fsp3) is 0.333. The number of nitrogens with two attached hydrogens (primary N) is 1. The van der Waals surface area contributed by atoms with E-state index in [0.717, 1.165) is 46.0 Å². The molecule has 2 heterocycles. The summed E-state index contributed by atoms with van der Waals surface area (Å²) >= 11 is 1.78. The Balaban J connectivity index is 1.57. The molecule has 150 valence electrons. The van der Waals surface area contributed by atoms with Gasteiger partial charge in [-0.05, 0) is 74.9 Å². The van der Waals surface area contributed by atoms with Crippen molar-refractivity contribution in [1.29, 1.82) is 0 Å². The Labute approximate surface area is 173 Å². The summed E-state index contributed by atoms with van der Waals surface area (Å²) in [6, 6.07) is 7.37. The molecule has 8 heteroatoms. The first-order valence-electron chi connectivity index (χ1n) is 9.62. The number of benzene rings is 1. The fourth-order valence-electron chi connectivity index (χ4n) is 3.49. The molecule has 1 aliphatic carbocycles. The molecule has 0 atom stereocenters. The van der Waals surface area contributed by atoms with Gasteiger partial charge < -0.3 is 10.5 Å². The van der Waals surface area contributed by atoms with E-state index in [1.165, 1.54) is 23.3 Å². The number of aromatic nitrogens is 2. The monoisotopic (exact) mass is 409 g/mol. The number of fused-ring (bicyclic) bond motifs is 3. The minimum atomic E-state index is -0.502. The molecule has 0 radical (unpaired) electrons. The van der Waals surface area contributed by atoms with Crippen LogP contribution in [0.2, 0.25) is 0 Å². The zero-order chi connectivity index (χ0) is 20.4. The van der Waals surface area contributed by atoms with E-state index < -0.39 is 5.91 Å². The third-order valence-corrected chi connectivity index (χ3v) is 6.09. The number of amides is 1. The predicted octanol–water partition coefficient (Wildman–Crippen LogP) is 3.58. The summed E-state index contributed by atoms with van der Waals surface area (Å²) in [4.78, 5) is 22.5. The van der Waals surface area contributed by atoms with Crippen LogP contribution in [-0.4, -0.2) is 28.2 Å². The summed E-state index contributed by atoms with van der Waals surface area (Å²) in [7, 11) is 0. The van der Waals surface area contributed by atoms with Crippen LogP contribution in [0.3, 0.4) is 0 Å². The molecule has 1 aliphatic rings. The van der Waals surface area contributed by atoms with Crippen LogP contribution >= 0.6 is 11.3 Å². The third kappa shape index (κ3) is 4.22. The number of nitrogens with one attached hydrogen (secondary N) is 1. The second-order valence-corrected chi connectivity index (χ2v) is 8.18. The molecule has 3 N–H and O–H groups in total. The number of primary amides is 1. The molecule has 0 saturated heterocycles. The minimum absolute atomic E-state index is 0.137. The average molecular weight is 410 g/mol. The van der Waals surface area contributed by atoms with Gasteiger partial charge in [0, 0.05) is 4.88 Å². The van der Waals surface area contributed by atoms with Crippen LogP contribution in [0, 0.1) is 6.92 Å². The van der Waals surface area contributed by atoms with E-state index in [1.54, 1.807) is 23.5 Å². The van der Waals surface area contributed by atoms with Crippen LogP contribution in [0.15, 0.2) is 29.4 Å². The zero-order valence-electron chi connectivity index (χ0n) is 16.5. The summed E-state index contributed by atoms with van der Waals surface area (Å²) in [5.41, 5.74) is 11.4. The van der Waals surface area contributed by atoms with Crippen LogP contribution in [0.5, 0.6) is 5.75 Å². The lowest BCUT2D eigenvalue weighted by Crippen LogP contribution is -2.20. The second kappa shape index (κ2) is 8.16. The van der Waals surface area contributed by atoms with E-state index >= 15 is 0 Å².